The van der Waals surface area contributed by atoms with Crippen LogP contribution in [-0.2, 0) is 14.3 Å². The maximum absolute atomic E-state index is 11.7. The minimum absolute atomic E-state index is 0.132. The minimum Gasteiger partial charge on any atom is -0.455 e. The lowest BCUT2D eigenvalue weighted by atomic mass is 9.99. The Morgan fingerprint density at radius 1 is 0.636 bits per heavy atom. The molecule has 258 valence electrons. The molecule has 0 radical (unpaired) electrons. The summed E-state index contributed by atoms with van der Waals surface area (Å²) in [7, 11) is 0. The Bertz CT molecular complexity index is 756. The summed E-state index contributed by atoms with van der Waals surface area (Å²) in [5.41, 5.74) is 0.591. The zero-order valence-corrected chi connectivity index (χ0v) is 28.3. The minimum atomic E-state index is -0.504. The van der Waals surface area contributed by atoms with Crippen LogP contribution in [0.15, 0.2) is 11.6 Å². The molecule has 2 rings (SSSR count). The monoisotopic (exact) mass is 624 g/mol. The molecule has 0 aliphatic carbocycles. The van der Waals surface area contributed by atoms with Crippen LogP contribution in [0.25, 0.3) is 0 Å². The van der Waals surface area contributed by atoms with E-state index in [0.29, 0.717) is 24.8 Å². The average Bonchev–Trinajstić information content (AvgIpc) is 3.61. The third-order valence-electron chi connectivity index (χ3n) is 9.61. The van der Waals surface area contributed by atoms with Crippen molar-refractivity contribution in [3.05, 3.63) is 11.6 Å². The van der Waals surface area contributed by atoms with E-state index < -0.39 is 18.3 Å². The van der Waals surface area contributed by atoms with Crippen molar-refractivity contribution in [3.8, 4) is 0 Å². The smallest absolute Gasteiger partial charge is 0.334 e. The second-order valence-electron chi connectivity index (χ2n) is 13.8. The van der Waals surface area contributed by atoms with Crippen molar-refractivity contribution < 1.29 is 34.7 Å². The van der Waals surface area contributed by atoms with Gasteiger partial charge in [-0.1, -0.05) is 116 Å². The number of esters is 1. The maximum Gasteiger partial charge on any atom is 0.334 e. The molecule has 7 nitrogen and oxygen atoms in total. The SMILES string of the molecule is CCCCCCCCCCCC[C@H](O)[C@@H]1CC[C@H]([C@H](O)CCCCCC(O)CCCCCC[C@@H](O)CC2=C[C@H](C)OC2=O)O1. The van der Waals surface area contributed by atoms with Gasteiger partial charge in [-0.05, 0) is 57.9 Å². The highest BCUT2D eigenvalue weighted by molar-refractivity contribution is 5.90. The summed E-state index contributed by atoms with van der Waals surface area (Å²) < 4.78 is 11.1. The largest absolute Gasteiger partial charge is 0.455 e. The van der Waals surface area contributed by atoms with Gasteiger partial charge in [0.05, 0.1) is 36.6 Å². The van der Waals surface area contributed by atoms with E-state index in [1.54, 1.807) is 6.08 Å². The Balaban J connectivity index is 1.38. The molecule has 0 aromatic rings. The number of ether oxygens (including phenoxy) is 2. The summed E-state index contributed by atoms with van der Waals surface area (Å²) in [4.78, 5) is 11.7. The van der Waals surface area contributed by atoms with Crippen LogP contribution in [0.4, 0.5) is 0 Å². The predicted molar refractivity (Wildman–Crippen MR) is 177 cm³/mol. The van der Waals surface area contributed by atoms with Crippen molar-refractivity contribution in [2.45, 2.75) is 217 Å². The number of hydrogen-bond donors (Lipinski definition) is 4. The Kier molecular flexibility index (Phi) is 21.6. The van der Waals surface area contributed by atoms with Gasteiger partial charge in [0.2, 0.25) is 0 Å². The fourth-order valence-electron chi connectivity index (χ4n) is 6.77. The number of carbonyl (C=O) groups excluding carboxylic acids is 1. The van der Waals surface area contributed by atoms with E-state index in [4.69, 9.17) is 9.47 Å². The Labute approximate surface area is 269 Å². The van der Waals surface area contributed by atoms with Crippen molar-refractivity contribution in [1.82, 2.24) is 0 Å². The summed E-state index contributed by atoms with van der Waals surface area (Å²) in [6.45, 7) is 4.08. The molecule has 0 aromatic heterocycles. The van der Waals surface area contributed by atoms with Gasteiger partial charge in [-0.25, -0.2) is 4.79 Å². The highest BCUT2D eigenvalue weighted by atomic mass is 16.5. The highest BCUT2D eigenvalue weighted by Crippen LogP contribution is 2.28. The first kappa shape index (κ1) is 39.2. The summed E-state index contributed by atoms with van der Waals surface area (Å²) in [5, 5.41) is 41.8. The van der Waals surface area contributed by atoms with Crippen LogP contribution in [0.5, 0.6) is 0 Å². The molecule has 44 heavy (non-hydrogen) atoms. The van der Waals surface area contributed by atoms with Crippen LogP contribution in [-0.4, -0.2) is 69.1 Å². The quantitative estimate of drug-likeness (QED) is 0.0518. The molecular formula is C37H68O7. The number of aliphatic hydroxyl groups is 4. The van der Waals surface area contributed by atoms with Crippen LogP contribution in [0.3, 0.4) is 0 Å². The first-order chi connectivity index (χ1) is 21.3. The van der Waals surface area contributed by atoms with Crippen LogP contribution in [0.2, 0.25) is 0 Å². The predicted octanol–water partition coefficient (Wildman–Crippen LogP) is 7.84. The number of hydrogen-bond acceptors (Lipinski definition) is 7. The second-order valence-corrected chi connectivity index (χ2v) is 13.8. The van der Waals surface area contributed by atoms with E-state index in [0.717, 1.165) is 83.5 Å². The molecular weight excluding hydrogens is 556 g/mol. The van der Waals surface area contributed by atoms with Crippen molar-refractivity contribution in [3.63, 3.8) is 0 Å². The molecule has 4 N–H and O–H groups in total. The first-order valence-electron chi connectivity index (χ1n) is 18.6. The van der Waals surface area contributed by atoms with Crippen LogP contribution in [0, 0.1) is 0 Å². The summed E-state index contributed by atoms with van der Waals surface area (Å²) in [6.07, 6.45) is 25.2. The summed E-state index contributed by atoms with van der Waals surface area (Å²) in [6, 6.07) is 0. The molecule has 2 aliphatic rings. The molecule has 1 saturated heterocycles. The van der Waals surface area contributed by atoms with Gasteiger partial charge in [0, 0.05) is 12.0 Å². The molecule has 1 unspecified atom stereocenters. The zero-order valence-electron chi connectivity index (χ0n) is 28.3. The lowest BCUT2D eigenvalue weighted by molar-refractivity contribution is -0.139. The molecule has 0 bridgehead atoms. The topological polar surface area (TPSA) is 116 Å². The van der Waals surface area contributed by atoms with E-state index >= 15 is 0 Å². The number of carbonyl (C=O) groups is 1. The van der Waals surface area contributed by atoms with Crippen molar-refractivity contribution in [2.24, 2.45) is 0 Å². The lowest BCUT2D eigenvalue weighted by Gasteiger charge is -2.22. The van der Waals surface area contributed by atoms with Crippen molar-refractivity contribution >= 4 is 5.97 Å². The summed E-state index contributed by atoms with van der Waals surface area (Å²) in [5.74, 6) is -0.302. The van der Waals surface area contributed by atoms with Gasteiger partial charge in [0.1, 0.15) is 6.10 Å². The van der Waals surface area contributed by atoms with Gasteiger partial charge in [-0.2, -0.15) is 0 Å². The molecule has 0 amide bonds. The van der Waals surface area contributed by atoms with E-state index in [2.05, 4.69) is 6.92 Å². The number of cyclic esters (lactones) is 1. The molecule has 2 aliphatic heterocycles. The van der Waals surface area contributed by atoms with Gasteiger partial charge in [0.25, 0.3) is 0 Å². The fourth-order valence-corrected chi connectivity index (χ4v) is 6.77. The van der Waals surface area contributed by atoms with E-state index in [1.165, 1.54) is 57.8 Å². The maximum atomic E-state index is 11.7. The van der Waals surface area contributed by atoms with Crippen molar-refractivity contribution in [1.29, 1.82) is 0 Å². The molecule has 1 fully saturated rings. The third-order valence-corrected chi connectivity index (χ3v) is 9.61. The van der Waals surface area contributed by atoms with Gasteiger partial charge in [0.15, 0.2) is 0 Å². The Hall–Kier alpha value is -0.990. The first-order valence-corrected chi connectivity index (χ1v) is 18.6. The molecule has 0 aromatic carbocycles. The van der Waals surface area contributed by atoms with Crippen molar-refractivity contribution in [2.75, 3.05) is 0 Å². The fraction of sp³-hybridized carbons (Fsp3) is 0.919. The zero-order chi connectivity index (χ0) is 32.0. The highest BCUT2D eigenvalue weighted by Gasteiger charge is 2.34. The summed E-state index contributed by atoms with van der Waals surface area (Å²) >= 11 is 0. The number of rotatable bonds is 28. The standard InChI is InChI=1S/C37H68O7/c1-3-4-5-6-7-8-9-10-11-18-23-33(40)35-25-26-36(44-35)34(41)24-19-14-17-21-31(38)20-15-12-13-16-22-32(39)28-30-27-29(2)43-37(30)42/h27,29,31-36,38-41H,3-26,28H2,1-2H3/t29-,31?,32+,33-,34+,35-,36+/m0/s1. The molecule has 2 heterocycles. The van der Waals surface area contributed by atoms with Gasteiger partial charge in [-0.15, -0.1) is 0 Å². The Morgan fingerprint density at radius 3 is 1.50 bits per heavy atom. The van der Waals surface area contributed by atoms with E-state index in [-0.39, 0.29) is 30.4 Å². The number of unbranched alkanes of at least 4 members (excludes halogenated alkanes) is 14. The lowest BCUT2D eigenvalue weighted by Crippen LogP contribution is -2.31. The van der Waals surface area contributed by atoms with Crippen LogP contribution >= 0.6 is 0 Å². The third kappa shape index (κ3) is 17.6. The number of aliphatic hydroxyl groups excluding tert-OH is 4. The van der Waals surface area contributed by atoms with Gasteiger partial charge in [-0.3, -0.25) is 0 Å². The molecule has 0 saturated carbocycles. The normalized spacial score (nSPS) is 23.0. The second kappa shape index (κ2) is 24.2. The van der Waals surface area contributed by atoms with Crippen LogP contribution in [0.1, 0.15) is 174 Å². The molecule has 7 heteroatoms. The van der Waals surface area contributed by atoms with E-state index in [1.807, 2.05) is 6.92 Å². The van der Waals surface area contributed by atoms with E-state index in [9.17, 15) is 25.2 Å². The Morgan fingerprint density at radius 2 is 1.05 bits per heavy atom. The van der Waals surface area contributed by atoms with Gasteiger partial charge < -0.3 is 29.9 Å². The molecule has 7 atom stereocenters. The molecule has 0 spiro atoms. The van der Waals surface area contributed by atoms with Gasteiger partial charge >= 0.3 is 5.97 Å². The van der Waals surface area contributed by atoms with Crippen LogP contribution < -0.4 is 0 Å². The average molecular weight is 625 g/mol.